The highest BCUT2D eigenvalue weighted by Crippen LogP contribution is 2.33. The molecule has 21 heavy (non-hydrogen) atoms. The number of hydrogen-bond acceptors (Lipinski definition) is 4. The minimum Gasteiger partial charge on any atom is -0.388 e. The van der Waals surface area contributed by atoms with Crippen LogP contribution in [-0.4, -0.2) is 28.1 Å². The molecule has 0 spiro atoms. The first-order valence-electron chi connectivity index (χ1n) is 6.32. The summed E-state index contributed by atoms with van der Waals surface area (Å²) >= 11 is 11.5. The van der Waals surface area contributed by atoms with E-state index in [1.165, 1.54) is 6.07 Å². The first kappa shape index (κ1) is 17.7. The second kappa shape index (κ2) is 7.06. The molecule has 0 radical (unpaired) electrons. The molecule has 0 fully saturated rings. The highest BCUT2D eigenvalue weighted by molar-refractivity contribution is 6.43. The summed E-state index contributed by atoms with van der Waals surface area (Å²) in [5.41, 5.74) is -1.45. The van der Waals surface area contributed by atoms with Crippen molar-refractivity contribution in [2.45, 2.75) is 32.3 Å². The zero-order chi connectivity index (χ0) is 16.2. The van der Waals surface area contributed by atoms with Crippen LogP contribution in [-0.2, 0) is 0 Å². The summed E-state index contributed by atoms with van der Waals surface area (Å²) in [6.45, 7) is 3.56. The van der Waals surface area contributed by atoms with Gasteiger partial charge in [-0.1, -0.05) is 36.5 Å². The smallest absolute Gasteiger partial charge is 0.290 e. The molecule has 0 aromatic heterocycles. The molecule has 1 aromatic rings. The second-order valence-electron chi connectivity index (χ2n) is 4.98. The number of benzene rings is 1. The molecule has 0 aliphatic rings. The number of hydrogen-bond donors (Lipinski definition) is 2. The number of carbonyl (C=O) groups is 1. The van der Waals surface area contributed by atoms with Crippen LogP contribution in [0, 0.1) is 10.1 Å². The number of carbonyl (C=O) groups excluding carboxylic acids is 1. The third kappa shape index (κ3) is 4.84. The number of nitrogens with zero attached hydrogens (tertiary/aromatic N) is 1. The third-order valence-electron chi connectivity index (χ3n) is 2.89. The van der Waals surface area contributed by atoms with E-state index in [0.29, 0.717) is 6.42 Å². The van der Waals surface area contributed by atoms with E-state index in [1.807, 2.05) is 6.92 Å². The van der Waals surface area contributed by atoms with Gasteiger partial charge in [0.05, 0.1) is 15.5 Å². The molecule has 0 saturated carbocycles. The van der Waals surface area contributed by atoms with E-state index >= 15 is 0 Å². The van der Waals surface area contributed by atoms with Crippen molar-refractivity contribution in [1.82, 2.24) is 5.32 Å². The zero-order valence-corrected chi connectivity index (χ0v) is 13.2. The van der Waals surface area contributed by atoms with Crippen LogP contribution in [0.3, 0.4) is 0 Å². The highest BCUT2D eigenvalue weighted by Gasteiger charge is 2.23. The summed E-state index contributed by atoms with van der Waals surface area (Å²) in [4.78, 5) is 22.1. The van der Waals surface area contributed by atoms with Gasteiger partial charge in [0.15, 0.2) is 0 Å². The summed E-state index contributed by atoms with van der Waals surface area (Å²) in [6, 6.07) is 2.30. The summed E-state index contributed by atoms with van der Waals surface area (Å²) < 4.78 is 0. The van der Waals surface area contributed by atoms with Crippen LogP contribution >= 0.6 is 23.2 Å². The van der Waals surface area contributed by atoms with Crippen LogP contribution in [0.5, 0.6) is 0 Å². The van der Waals surface area contributed by atoms with E-state index in [-0.39, 0.29) is 22.2 Å². The number of amides is 1. The van der Waals surface area contributed by atoms with E-state index in [0.717, 1.165) is 12.5 Å². The number of rotatable bonds is 6. The van der Waals surface area contributed by atoms with Crippen LogP contribution in [0.2, 0.25) is 10.0 Å². The van der Waals surface area contributed by atoms with Crippen LogP contribution in [0.4, 0.5) is 5.69 Å². The number of aliphatic hydroxyl groups is 1. The minimum atomic E-state index is -1.04. The van der Waals surface area contributed by atoms with Gasteiger partial charge in [0.1, 0.15) is 5.02 Å². The third-order valence-corrected chi connectivity index (χ3v) is 3.68. The van der Waals surface area contributed by atoms with Gasteiger partial charge in [-0.2, -0.15) is 0 Å². The SMILES string of the molecule is CCCC(C)(O)CNC(=O)c1cc(Cl)c(Cl)c([N+](=O)[O-])c1. The maximum atomic E-state index is 12.0. The number of halogens is 2. The number of nitro benzene ring substituents is 1. The van der Waals surface area contributed by atoms with Gasteiger partial charge >= 0.3 is 0 Å². The number of nitro groups is 1. The Morgan fingerprint density at radius 1 is 1.48 bits per heavy atom. The first-order valence-corrected chi connectivity index (χ1v) is 7.07. The van der Waals surface area contributed by atoms with Crippen molar-refractivity contribution >= 4 is 34.8 Å². The lowest BCUT2D eigenvalue weighted by Crippen LogP contribution is -2.40. The van der Waals surface area contributed by atoms with Gasteiger partial charge in [-0.15, -0.1) is 0 Å². The van der Waals surface area contributed by atoms with E-state index < -0.39 is 22.1 Å². The van der Waals surface area contributed by atoms with Gasteiger partial charge in [-0.3, -0.25) is 14.9 Å². The van der Waals surface area contributed by atoms with Crippen LogP contribution < -0.4 is 5.32 Å². The van der Waals surface area contributed by atoms with Gasteiger partial charge < -0.3 is 10.4 Å². The Bertz CT molecular complexity index is 561. The zero-order valence-electron chi connectivity index (χ0n) is 11.7. The van der Waals surface area contributed by atoms with E-state index in [1.54, 1.807) is 6.92 Å². The van der Waals surface area contributed by atoms with E-state index in [4.69, 9.17) is 23.2 Å². The maximum Gasteiger partial charge on any atom is 0.290 e. The van der Waals surface area contributed by atoms with Gasteiger partial charge in [0.2, 0.25) is 0 Å². The Balaban J connectivity index is 2.91. The van der Waals surface area contributed by atoms with Crippen molar-refractivity contribution in [3.8, 4) is 0 Å². The molecule has 1 unspecified atom stereocenters. The van der Waals surface area contributed by atoms with Crippen LogP contribution in [0.15, 0.2) is 12.1 Å². The average Bonchev–Trinajstić information content (AvgIpc) is 2.38. The Morgan fingerprint density at radius 3 is 2.62 bits per heavy atom. The molecule has 0 saturated heterocycles. The molecule has 0 aliphatic heterocycles. The molecule has 116 valence electrons. The Morgan fingerprint density at radius 2 is 2.10 bits per heavy atom. The lowest BCUT2D eigenvalue weighted by atomic mass is 10.0. The predicted molar refractivity (Wildman–Crippen MR) is 81.0 cm³/mol. The van der Waals surface area contributed by atoms with E-state index in [9.17, 15) is 20.0 Å². The molecular formula is C13H16Cl2N2O4. The summed E-state index contributed by atoms with van der Waals surface area (Å²) in [5.74, 6) is -0.562. The van der Waals surface area contributed by atoms with Crippen molar-refractivity contribution in [3.05, 3.63) is 37.9 Å². The fraction of sp³-hybridized carbons (Fsp3) is 0.462. The lowest BCUT2D eigenvalue weighted by Gasteiger charge is -2.22. The molecule has 8 heteroatoms. The summed E-state index contributed by atoms with van der Waals surface area (Å²) in [5, 5.41) is 23.1. The standard InChI is InChI=1S/C13H16Cl2N2O4/c1-3-4-13(2,19)7-16-12(18)8-5-9(14)11(15)10(6-8)17(20)21/h5-6,19H,3-4,7H2,1-2H3,(H,16,18). The molecule has 1 aromatic carbocycles. The molecule has 1 amide bonds. The molecular weight excluding hydrogens is 319 g/mol. The quantitative estimate of drug-likeness (QED) is 0.617. The lowest BCUT2D eigenvalue weighted by molar-refractivity contribution is -0.384. The Labute approximate surface area is 132 Å². The number of nitrogens with one attached hydrogen (secondary N) is 1. The first-order chi connectivity index (χ1) is 9.68. The van der Waals surface area contributed by atoms with Crippen molar-refractivity contribution in [1.29, 1.82) is 0 Å². The molecule has 1 atom stereocenters. The monoisotopic (exact) mass is 334 g/mol. The van der Waals surface area contributed by atoms with Crippen LogP contribution in [0.25, 0.3) is 0 Å². The predicted octanol–water partition coefficient (Wildman–Crippen LogP) is 3.18. The van der Waals surface area contributed by atoms with Gasteiger partial charge in [-0.25, -0.2) is 0 Å². The molecule has 6 nitrogen and oxygen atoms in total. The topological polar surface area (TPSA) is 92.5 Å². The minimum absolute atomic E-state index is 0.0170. The van der Waals surface area contributed by atoms with Gasteiger partial charge in [0, 0.05) is 18.2 Å². The Hall–Kier alpha value is -1.37. The summed E-state index contributed by atoms with van der Waals surface area (Å²) in [6.07, 6.45) is 1.29. The second-order valence-corrected chi connectivity index (χ2v) is 5.76. The average molecular weight is 335 g/mol. The largest absolute Gasteiger partial charge is 0.388 e. The van der Waals surface area contributed by atoms with E-state index in [2.05, 4.69) is 5.32 Å². The van der Waals surface area contributed by atoms with Crippen molar-refractivity contribution in [3.63, 3.8) is 0 Å². The van der Waals surface area contributed by atoms with Gasteiger partial charge in [-0.05, 0) is 19.4 Å². The molecule has 1 rings (SSSR count). The normalized spacial score (nSPS) is 13.6. The van der Waals surface area contributed by atoms with Crippen molar-refractivity contribution < 1.29 is 14.8 Å². The fourth-order valence-corrected chi connectivity index (χ4v) is 2.23. The molecule has 2 N–H and O–H groups in total. The molecule has 0 bridgehead atoms. The summed E-state index contributed by atoms with van der Waals surface area (Å²) in [7, 11) is 0. The highest BCUT2D eigenvalue weighted by atomic mass is 35.5. The van der Waals surface area contributed by atoms with Crippen molar-refractivity contribution in [2.24, 2.45) is 0 Å². The van der Waals surface area contributed by atoms with Crippen LogP contribution in [0.1, 0.15) is 37.0 Å². The molecule has 0 heterocycles. The van der Waals surface area contributed by atoms with Gasteiger partial charge in [0.25, 0.3) is 11.6 Å². The molecule has 0 aliphatic carbocycles. The van der Waals surface area contributed by atoms with Crippen molar-refractivity contribution in [2.75, 3.05) is 6.54 Å². The maximum absolute atomic E-state index is 12.0. The fourth-order valence-electron chi connectivity index (χ4n) is 1.84. The Kier molecular flexibility index (Phi) is 5.95.